The van der Waals surface area contributed by atoms with Gasteiger partial charge in [-0.15, -0.1) is 0 Å². The Morgan fingerprint density at radius 2 is 1.87 bits per heavy atom. The van der Waals surface area contributed by atoms with Gasteiger partial charge in [0, 0.05) is 6.04 Å². The maximum atomic E-state index is 5.76. The van der Waals surface area contributed by atoms with Crippen molar-refractivity contribution in [1.29, 1.82) is 0 Å². The van der Waals surface area contributed by atoms with Crippen molar-refractivity contribution in [1.82, 2.24) is 0 Å². The minimum Gasteiger partial charge on any atom is -0.494 e. The molecule has 0 heterocycles. The summed E-state index contributed by atoms with van der Waals surface area (Å²) in [6.07, 6.45) is 3.59. The summed E-state index contributed by atoms with van der Waals surface area (Å²) in [5.74, 6) is 0.940. The average molecular weight is 207 g/mol. The molecule has 0 saturated heterocycles. The topological polar surface area (TPSA) is 35.2 Å². The van der Waals surface area contributed by atoms with Gasteiger partial charge in [0.25, 0.3) is 0 Å². The highest BCUT2D eigenvalue weighted by atomic mass is 16.5. The molecule has 0 fully saturated rings. The van der Waals surface area contributed by atoms with Gasteiger partial charge in [-0.2, -0.15) is 0 Å². The number of ether oxygens (including phenoxy) is 1. The Labute approximate surface area is 92.4 Å². The lowest BCUT2D eigenvalue weighted by Crippen LogP contribution is -2.04. The Morgan fingerprint density at radius 1 is 1.20 bits per heavy atom. The van der Waals surface area contributed by atoms with Crippen molar-refractivity contribution >= 4 is 0 Å². The molecule has 2 heteroatoms. The first-order valence-electron chi connectivity index (χ1n) is 5.72. The van der Waals surface area contributed by atoms with Gasteiger partial charge in [0.05, 0.1) is 6.61 Å². The lowest BCUT2D eigenvalue weighted by molar-refractivity contribution is 0.306. The Hall–Kier alpha value is -1.02. The van der Waals surface area contributed by atoms with E-state index in [4.69, 9.17) is 10.5 Å². The molecule has 2 N–H and O–H groups in total. The Bertz CT molecular complexity index is 266. The molecule has 0 aliphatic rings. The highest BCUT2D eigenvalue weighted by Gasteiger charge is 1.99. The molecule has 1 aromatic carbocycles. The molecule has 0 bridgehead atoms. The number of unbranched alkanes of at least 4 members (excludes halogenated alkanes) is 2. The van der Waals surface area contributed by atoms with Gasteiger partial charge in [0.1, 0.15) is 5.75 Å². The predicted molar refractivity (Wildman–Crippen MR) is 64.1 cm³/mol. The van der Waals surface area contributed by atoms with Gasteiger partial charge in [-0.25, -0.2) is 0 Å². The largest absolute Gasteiger partial charge is 0.494 e. The molecule has 0 aromatic heterocycles. The summed E-state index contributed by atoms with van der Waals surface area (Å²) in [6, 6.07) is 8.13. The van der Waals surface area contributed by atoms with Crippen molar-refractivity contribution in [3.8, 4) is 5.75 Å². The van der Waals surface area contributed by atoms with Crippen LogP contribution in [0.1, 0.15) is 44.7 Å². The van der Waals surface area contributed by atoms with Crippen LogP contribution in [0, 0.1) is 0 Å². The van der Waals surface area contributed by atoms with Crippen molar-refractivity contribution in [2.45, 2.75) is 39.2 Å². The second-order valence-electron chi connectivity index (χ2n) is 3.91. The summed E-state index contributed by atoms with van der Waals surface area (Å²) in [7, 11) is 0. The van der Waals surface area contributed by atoms with Crippen molar-refractivity contribution in [2.75, 3.05) is 6.61 Å². The van der Waals surface area contributed by atoms with Crippen LogP contribution < -0.4 is 10.5 Å². The van der Waals surface area contributed by atoms with Gasteiger partial charge in [0.2, 0.25) is 0 Å². The fourth-order valence-electron chi connectivity index (χ4n) is 1.41. The van der Waals surface area contributed by atoms with Crippen LogP contribution in [0.4, 0.5) is 0 Å². The number of hydrogen-bond donors (Lipinski definition) is 1. The van der Waals surface area contributed by atoms with Gasteiger partial charge < -0.3 is 10.5 Å². The van der Waals surface area contributed by atoms with E-state index in [0.29, 0.717) is 0 Å². The lowest BCUT2D eigenvalue weighted by atomic mass is 10.1. The van der Waals surface area contributed by atoms with Crippen molar-refractivity contribution in [2.24, 2.45) is 5.73 Å². The number of hydrogen-bond acceptors (Lipinski definition) is 2. The molecule has 84 valence electrons. The Kier molecular flexibility index (Phi) is 5.19. The van der Waals surface area contributed by atoms with Crippen LogP contribution >= 0.6 is 0 Å². The van der Waals surface area contributed by atoms with Gasteiger partial charge in [-0.3, -0.25) is 0 Å². The van der Waals surface area contributed by atoms with Gasteiger partial charge >= 0.3 is 0 Å². The third-order valence-corrected chi connectivity index (χ3v) is 2.42. The minimum atomic E-state index is 0.0964. The first-order chi connectivity index (χ1) is 7.24. The zero-order chi connectivity index (χ0) is 11.1. The van der Waals surface area contributed by atoms with Crippen LogP contribution in [0.2, 0.25) is 0 Å². The lowest BCUT2D eigenvalue weighted by Gasteiger charge is -2.08. The van der Waals surface area contributed by atoms with Gasteiger partial charge in [-0.05, 0) is 31.0 Å². The summed E-state index contributed by atoms with van der Waals surface area (Å²) in [5.41, 5.74) is 6.91. The summed E-state index contributed by atoms with van der Waals surface area (Å²) in [5, 5.41) is 0. The summed E-state index contributed by atoms with van der Waals surface area (Å²) in [4.78, 5) is 0. The molecule has 0 saturated carbocycles. The molecular weight excluding hydrogens is 186 g/mol. The highest BCUT2D eigenvalue weighted by Crippen LogP contribution is 2.16. The predicted octanol–water partition coefficient (Wildman–Crippen LogP) is 3.28. The monoisotopic (exact) mass is 207 g/mol. The van der Waals surface area contributed by atoms with Crippen LogP contribution in [0.3, 0.4) is 0 Å². The highest BCUT2D eigenvalue weighted by molar-refractivity contribution is 5.28. The fraction of sp³-hybridized carbons (Fsp3) is 0.538. The summed E-state index contributed by atoms with van der Waals surface area (Å²) in [6.45, 7) is 4.99. The van der Waals surface area contributed by atoms with E-state index in [1.807, 2.05) is 31.2 Å². The second kappa shape index (κ2) is 6.46. The third-order valence-electron chi connectivity index (χ3n) is 2.42. The minimum absolute atomic E-state index is 0.0964. The maximum Gasteiger partial charge on any atom is 0.119 e. The molecule has 0 spiro atoms. The SMILES string of the molecule is CCCCCOc1ccc(C(C)N)cc1. The smallest absolute Gasteiger partial charge is 0.119 e. The van der Waals surface area contributed by atoms with E-state index in [1.54, 1.807) is 0 Å². The molecule has 1 atom stereocenters. The number of benzene rings is 1. The molecule has 0 amide bonds. The van der Waals surface area contributed by atoms with Gasteiger partial charge in [0.15, 0.2) is 0 Å². The molecular formula is C13H21NO. The van der Waals surface area contributed by atoms with Crippen LogP contribution in [-0.4, -0.2) is 6.61 Å². The normalized spacial score (nSPS) is 12.5. The van der Waals surface area contributed by atoms with Crippen molar-refractivity contribution < 1.29 is 4.74 Å². The van der Waals surface area contributed by atoms with Crippen LogP contribution in [-0.2, 0) is 0 Å². The van der Waals surface area contributed by atoms with E-state index in [9.17, 15) is 0 Å². The number of nitrogens with two attached hydrogens (primary N) is 1. The molecule has 0 aliphatic carbocycles. The molecule has 1 unspecified atom stereocenters. The Morgan fingerprint density at radius 3 is 2.40 bits per heavy atom. The Balaban J connectivity index is 2.36. The number of rotatable bonds is 6. The third kappa shape index (κ3) is 4.34. The molecule has 1 rings (SSSR count). The van der Waals surface area contributed by atoms with E-state index < -0.39 is 0 Å². The molecule has 0 radical (unpaired) electrons. The van der Waals surface area contributed by atoms with Crippen LogP contribution in [0.5, 0.6) is 5.75 Å². The molecule has 1 aromatic rings. The van der Waals surface area contributed by atoms with E-state index in [0.717, 1.165) is 24.3 Å². The molecule has 2 nitrogen and oxygen atoms in total. The second-order valence-corrected chi connectivity index (χ2v) is 3.91. The van der Waals surface area contributed by atoms with Crippen molar-refractivity contribution in [3.63, 3.8) is 0 Å². The van der Waals surface area contributed by atoms with Crippen molar-refractivity contribution in [3.05, 3.63) is 29.8 Å². The first kappa shape index (κ1) is 12.1. The summed E-state index contributed by atoms with van der Waals surface area (Å²) >= 11 is 0. The first-order valence-corrected chi connectivity index (χ1v) is 5.72. The average Bonchev–Trinajstić information content (AvgIpc) is 2.25. The summed E-state index contributed by atoms with van der Waals surface area (Å²) < 4.78 is 5.60. The van der Waals surface area contributed by atoms with Crippen LogP contribution in [0.15, 0.2) is 24.3 Å². The maximum absolute atomic E-state index is 5.76. The fourth-order valence-corrected chi connectivity index (χ4v) is 1.41. The quantitative estimate of drug-likeness (QED) is 0.726. The van der Waals surface area contributed by atoms with E-state index >= 15 is 0 Å². The van der Waals surface area contributed by atoms with E-state index in [-0.39, 0.29) is 6.04 Å². The van der Waals surface area contributed by atoms with E-state index in [2.05, 4.69) is 6.92 Å². The molecule has 0 aliphatic heterocycles. The van der Waals surface area contributed by atoms with Gasteiger partial charge in [-0.1, -0.05) is 31.9 Å². The molecule has 15 heavy (non-hydrogen) atoms. The zero-order valence-corrected chi connectivity index (χ0v) is 9.70. The van der Waals surface area contributed by atoms with E-state index in [1.165, 1.54) is 12.8 Å². The standard InChI is InChI=1S/C13H21NO/c1-3-4-5-10-15-13-8-6-12(7-9-13)11(2)14/h6-9,11H,3-5,10,14H2,1-2H3. The zero-order valence-electron chi connectivity index (χ0n) is 9.70. The van der Waals surface area contributed by atoms with Crippen LogP contribution in [0.25, 0.3) is 0 Å².